The lowest BCUT2D eigenvalue weighted by atomic mass is 9.87. The second-order valence-electron chi connectivity index (χ2n) is 10.5. The number of carbonyl (C=O) groups is 1. The zero-order valence-corrected chi connectivity index (χ0v) is 22.4. The van der Waals surface area contributed by atoms with Crippen LogP contribution < -0.4 is 5.32 Å². The first-order chi connectivity index (χ1) is 17.8. The molecule has 0 unspecified atom stereocenters. The number of nitrogens with zero attached hydrogens (tertiary/aromatic N) is 3. The van der Waals surface area contributed by atoms with E-state index in [-0.39, 0.29) is 34.7 Å². The Morgan fingerprint density at radius 1 is 1.13 bits per heavy atom. The highest BCUT2D eigenvalue weighted by molar-refractivity contribution is 6.37. The average Bonchev–Trinajstić information content (AvgIpc) is 2.87. The van der Waals surface area contributed by atoms with Gasteiger partial charge in [-0.1, -0.05) is 27.4 Å². The number of phenols is 2. The molecule has 8 nitrogen and oxygen atoms in total. The number of phenolic OH excluding ortho intramolecular Hbond substituents is 2. The van der Waals surface area contributed by atoms with Crippen LogP contribution in [0.25, 0.3) is 5.70 Å². The number of rotatable bonds is 7. The number of carbonyl (C=O) groups excluding carboxylic acids is 1. The van der Waals surface area contributed by atoms with Crippen LogP contribution in [0.2, 0.25) is 0 Å². The summed E-state index contributed by atoms with van der Waals surface area (Å²) < 4.78 is 38.3. The summed E-state index contributed by atoms with van der Waals surface area (Å²) in [6, 6.07) is 2.76. The summed E-state index contributed by atoms with van der Waals surface area (Å²) in [6.45, 7) is 13.4. The molecule has 11 heteroatoms. The van der Waals surface area contributed by atoms with Gasteiger partial charge < -0.3 is 25.3 Å². The molecule has 212 valence electrons. The second kappa shape index (κ2) is 12.4. The summed E-state index contributed by atoms with van der Waals surface area (Å²) in [5.74, 6) is -2.29. The van der Waals surface area contributed by atoms with E-state index in [0.29, 0.717) is 24.4 Å². The molecule has 0 spiro atoms. The van der Waals surface area contributed by atoms with Gasteiger partial charge in [-0.15, -0.1) is 0 Å². The first kappa shape index (κ1) is 29.8. The molecule has 0 atom stereocenters. The van der Waals surface area contributed by atoms with Gasteiger partial charge in [0, 0.05) is 55.6 Å². The molecular weight excluding hydrogens is 499 g/mol. The van der Waals surface area contributed by atoms with Crippen LogP contribution in [0.3, 0.4) is 0 Å². The fourth-order valence-corrected chi connectivity index (χ4v) is 5.46. The Morgan fingerprint density at radius 2 is 1.74 bits per heavy atom. The first-order valence-corrected chi connectivity index (χ1v) is 13.3. The summed E-state index contributed by atoms with van der Waals surface area (Å²) in [5, 5.41) is 31.2. The van der Waals surface area contributed by atoms with E-state index in [1.54, 1.807) is 11.4 Å². The number of halogens is 3. The summed E-state index contributed by atoms with van der Waals surface area (Å²) >= 11 is 0. The summed E-state index contributed by atoms with van der Waals surface area (Å²) in [6.07, 6.45) is -1.75. The maximum Gasteiger partial charge on any atom is 0.405 e. The van der Waals surface area contributed by atoms with E-state index in [4.69, 9.17) is 5.41 Å². The van der Waals surface area contributed by atoms with Gasteiger partial charge in [0.05, 0.1) is 0 Å². The molecule has 2 fully saturated rings. The number of amides is 1. The standard InChI is InChI=1S/C27H40F3N5O3/c1-5-33-10-12-34(13-11-33)19-6-8-20(9-7-19)35(25(31)26(38)32-16-27(28,29)30)18(4)22-14-21(17(2)3)23(36)15-24(22)37/h14-15,17,19-20,31,36-37H,4-13,16H2,1-3H3,(H,32,38). The van der Waals surface area contributed by atoms with Crippen molar-refractivity contribution in [3.05, 3.63) is 29.8 Å². The molecule has 1 aliphatic heterocycles. The van der Waals surface area contributed by atoms with E-state index < -0.39 is 24.5 Å². The molecule has 0 radical (unpaired) electrons. The molecular formula is C27H40F3N5O3. The molecule has 1 saturated carbocycles. The van der Waals surface area contributed by atoms with Gasteiger partial charge in [0.15, 0.2) is 5.84 Å². The van der Waals surface area contributed by atoms with Gasteiger partial charge >= 0.3 is 6.18 Å². The van der Waals surface area contributed by atoms with Gasteiger partial charge in [-0.2, -0.15) is 13.2 Å². The number of alkyl halides is 3. The van der Waals surface area contributed by atoms with Crippen molar-refractivity contribution in [2.24, 2.45) is 0 Å². The fourth-order valence-electron chi connectivity index (χ4n) is 5.46. The van der Waals surface area contributed by atoms with Crippen molar-refractivity contribution in [3.63, 3.8) is 0 Å². The zero-order chi connectivity index (χ0) is 28.2. The van der Waals surface area contributed by atoms with Gasteiger partial charge in [0.25, 0.3) is 5.91 Å². The number of nitrogens with one attached hydrogen (secondary N) is 2. The van der Waals surface area contributed by atoms with Crippen molar-refractivity contribution in [2.75, 3.05) is 39.3 Å². The van der Waals surface area contributed by atoms with Crippen molar-refractivity contribution in [2.45, 2.75) is 70.6 Å². The summed E-state index contributed by atoms with van der Waals surface area (Å²) in [7, 11) is 0. The van der Waals surface area contributed by atoms with Crippen LogP contribution in [0, 0.1) is 5.41 Å². The molecule has 1 amide bonds. The highest BCUT2D eigenvalue weighted by atomic mass is 19.4. The van der Waals surface area contributed by atoms with Crippen LogP contribution in [-0.2, 0) is 4.79 Å². The normalized spacial score (nSPS) is 21.3. The maximum atomic E-state index is 12.8. The smallest absolute Gasteiger partial charge is 0.405 e. The number of piperazine rings is 1. The number of aromatic hydroxyl groups is 2. The second-order valence-corrected chi connectivity index (χ2v) is 10.5. The predicted octanol–water partition coefficient (Wildman–Crippen LogP) is 4.10. The number of benzene rings is 1. The monoisotopic (exact) mass is 539 g/mol. The third kappa shape index (κ3) is 7.19. The van der Waals surface area contributed by atoms with Gasteiger partial charge in [-0.3, -0.25) is 15.1 Å². The van der Waals surface area contributed by atoms with E-state index in [2.05, 4.69) is 23.3 Å². The van der Waals surface area contributed by atoms with Crippen LogP contribution in [0.4, 0.5) is 13.2 Å². The molecule has 4 N–H and O–H groups in total. The Bertz CT molecular complexity index is 1010. The van der Waals surface area contributed by atoms with Gasteiger partial charge in [0.2, 0.25) is 0 Å². The average molecular weight is 540 g/mol. The van der Waals surface area contributed by atoms with Crippen LogP contribution in [0.1, 0.15) is 63.5 Å². The van der Waals surface area contributed by atoms with Crippen LogP contribution in [0.5, 0.6) is 11.5 Å². The zero-order valence-electron chi connectivity index (χ0n) is 22.4. The maximum absolute atomic E-state index is 12.8. The molecule has 3 rings (SSSR count). The van der Waals surface area contributed by atoms with E-state index in [1.165, 1.54) is 11.0 Å². The number of amidine groups is 1. The van der Waals surface area contributed by atoms with Crippen molar-refractivity contribution >= 4 is 17.4 Å². The Labute approximate surface area is 222 Å². The van der Waals surface area contributed by atoms with E-state index in [0.717, 1.165) is 45.6 Å². The minimum atomic E-state index is -4.61. The molecule has 38 heavy (non-hydrogen) atoms. The Morgan fingerprint density at radius 3 is 2.26 bits per heavy atom. The van der Waals surface area contributed by atoms with Gasteiger partial charge in [0.1, 0.15) is 18.0 Å². The predicted molar refractivity (Wildman–Crippen MR) is 141 cm³/mol. The quantitative estimate of drug-likeness (QED) is 0.307. The number of likely N-dealkylation sites (N-methyl/N-ethyl adjacent to an activating group) is 1. The lowest BCUT2D eigenvalue weighted by Gasteiger charge is -2.44. The third-order valence-corrected chi connectivity index (χ3v) is 7.68. The lowest BCUT2D eigenvalue weighted by molar-refractivity contribution is -0.135. The number of hydrogen-bond acceptors (Lipinski definition) is 6. The molecule has 0 aromatic heterocycles. The Balaban J connectivity index is 1.83. The first-order valence-electron chi connectivity index (χ1n) is 13.3. The molecule has 1 aromatic carbocycles. The third-order valence-electron chi connectivity index (χ3n) is 7.68. The summed E-state index contributed by atoms with van der Waals surface area (Å²) in [5.41, 5.74) is 0.899. The highest BCUT2D eigenvalue weighted by Crippen LogP contribution is 2.38. The topological polar surface area (TPSA) is 103 Å². The van der Waals surface area contributed by atoms with E-state index >= 15 is 0 Å². The minimum absolute atomic E-state index is 0.0891. The minimum Gasteiger partial charge on any atom is -0.508 e. The Kier molecular flexibility index (Phi) is 9.69. The highest BCUT2D eigenvalue weighted by Gasteiger charge is 2.36. The largest absolute Gasteiger partial charge is 0.508 e. The Hall–Kier alpha value is -2.79. The SMILES string of the molecule is C=C(c1cc(C(C)C)c(O)cc1O)N(C(=N)C(=O)NCC(F)(F)F)C1CCC(N2CCN(CC)CC2)CC1. The van der Waals surface area contributed by atoms with Crippen LogP contribution in [-0.4, -0.2) is 94.2 Å². The molecule has 2 aliphatic rings. The van der Waals surface area contributed by atoms with Crippen molar-refractivity contribution < 1.29 is 28.2 Å². The van der Waals surface area contributed by atoms with E-state index in [1.807, 2.05) is 13.8 Å². The molecule has 1 saturated heterocycles. The van der Waals surface area contributed by atoms with Gasteiger partial charge in [-0.05, 0) is 49.8 Å². The lowest BCUT2D eigenvalue weighted by Crippen LogP contribution is -2.53. The molecule has 1 aliphatic carbocycles. The van der Waals surface area contributed by atoms with Crippen molar-refractivity contribution in [3.8, 4) is 11.5 Å². The number of hydrogen-bond donors (Lipinski definition) is 4. The molecule has 0 bridgehead atoms. The van der Waals surface area contributed by atoms with Gasteiger partial charge in [-0.25, -0.2) is 0 Å². The summed E-state index contributed by atoms with van der Waals surface area (Å²) in [4.78, 5) is 18.9. The van der Waals surface area contributed by atoms with Crippen LogP contribution >= 0.6 is 0 Å². The fraction of sp³-hybridized carbons (Fsp3) is 0.630. The van der Waals surface area contributed by atoms with Crippen molar-refractivity contribution in [1.82, 2.24) is 20.0 Å². The molecule has 1 heterocycles. The van der Waals surface area contributed by atoms with E-state index in [9.17, 15) is 28.2 Å². The van der Waals surface area contributed by atoms with Crippen LogP contribution in [0.15, 0.2) is 18.7 Å². The van der Waals surface area contributed by atoms with Crippen molar-refractivity contribution in [1.29, 1.82) is 5.41 Å². The molecule has 1 aromatic rings.